The molecule has 0 aromatic rings. The summed E-state index contributed by atoms with van der Waals surface area (Å²) in [4.78, 5) is 46.2. The van der Waals surface area contributed by atoms with Crippen molar-refractivity contribution in [2.45, 2.75) is 190 Å². The number of carbonyl (C=O) groups excluding carboxylic acids is 4. The molecule has 0 spiro atoms. The molecule has 2 unspecified atom stereocenters. The van der Waals surface area contributed by atoms with Crippen molar-refractivity contribution in [1.29, 1.82) is 0 Å². The molecule has 1 saturated heterocycles. The van der Waals surface area contributed by atoms with Gasteiger partial charge in [-0.2, -0.15) is 0 Å². The lowest BCUT2D eigenvalue weighted by molar-refractivity contribution is -0.145. The zero-order chi connectivity index (χ0) is 43.4. The Morgan fingerprint density at radius 3 is 1.57 bits per heavy atom. The molecule has 0 amide bonds. The van der Waals surface area contributed by atoms with Gasteiger partial charge in [-0.1, -0.05) is 151 Å². The summed E-state index contributed by atoms with van der Waals surface area (Å²) in [6.07, 6.45) is 22.7. The van der Waals surface area contributed by atoms with E-state index < -0.39 is 0 Å². The van der Waals surface area contributed by atoms with Crippen LogP contribution in [0, 0.1) is 17.8 Å². The smallest absolute Gasteiger partial charge is 0.306 e. The van der Waals surface area contributed by atoms with Crippen molar-refractivity contribution >= 4 is 23.8 Å². The van der Waals surface area contributed by atoms with Crippen LogP contribution >= 0.6 is 0 Å². The molecule has 0 radical (unpaired) electrons. The molecule has 0 saturated carbocycles. The van der Waals surface area contributed by atoms with Gasteiger partial charge < -0.3 is 24.3 Å². The molecule has 1 heterocycles. The highest BCUT2D eigenvalue weighted by Gasteiger charge is 2.20. The highest BCUT2D eigenvalue weighted by atomic mass is 16.5. The number of rotatable bonds is 29. The van der Waals surface area contributed by atoms with Crippen LogP contribution in [0.1, 0.15) is 184 Å². The largest absolute Gasteiger partial charge is 0.490 e. The predicted octanol–water partition coefficient (Wildman–Crippen LogP) is 12.0. The molecule has 3 atom stereocenters. The minimum atomic E-state index is -0.266. The fourth-order valence-corrected chi connectivity index (χ4v) is 5.62. The van der Waals surface area contributed by atoms with Crippen molar-refractivity contribution in [2.24, 2.45) is 17.8 Å². The summed E-state index contributed by atoms with van der Waals surface area (Å²) in [6, 6.07) is 0. The minimum Gasteiger partial charge on any atom is -0.490 e. The van der Waals surface area contributed by atoms with Gasteiger partial charge in [-0.05, 0) is 69.6 Å². The van der Waals surface area contributed by atoms with Crippen LogP contribution in [0.2, 0.25) is 0 Å². The first-order valence-corrected chi connectivity index (χ1v) is 22.0. The Hall–Kier alpha value is -2.80. The number of aliphatic hydroxyl groups is 1. The van der Waals surface area contributed by atoms with E-state index in [9.17, 15) is 19.5 Å². The van der Waals surface area contributed by atoms with E-state index in [1.807, 2.05) is 13.8 Å². The summed E-state index contributed by atoms with van der Waals surface area (Å²) in [5, 5.41) is 9.28. The molecule has 56 heavy (non-hydrogen) atoms. The molecule has 1 rings (SSSR count). The molecule has 0 aliphatic carbocycles. The van der Waals surface area contributed by atoms with Gasteiger partial charge in [0.05, 0.1) is 19.3 Å². The number of ketones is 2. The van der Waals surface area contributed by atoms with Crippen molar-refractivity contribution in [3.05, 3.63) is 43.4 Å². The van der Waals surface area contributed by atoms with E-state index in [0.717, 1.165) is 44.3 Å². The van der Waals surface area contributed by atoms with Gasteiger partial charge in [-0.25, -0.2) is 0 Å². The summed E-state index contributed by atoms with van der Waals surface area (Å²) >= 11 is 0. The van der Waals surface area contributed by atoms with Crippen LogP contribution in [0.25, 0.3) is 0 Å². The van der Waals surface area contributed by atoms with Crippen LogP contribution in [0.4, 0.5) is 0 Å². The van der Waals surface area contributed by atoms with Crippen LogP contribution in [-0.4, -0.2) is 73.3 Å². The maximum absolute atomic E-state index is 12.3. The summed E-state index contributed by atoms with van der Waals surface area (Å²) in [7, 11) is 2.15. The number of esters is 1. The number of unbranched alkanes of at least 4 members (excludes halogenated alkanes) is 11. The first kappa shape index (κ1) is 59.9. The van der Waals surface area contributed by atoms with Gasteiger partial charge in [-0.3, -0.25) is 14.4 Å². The fraction of sp³-hybridized carbons (Fsp3) is 0.771. The lowest BCUT2D eigenvalue weighted by Crippen LogP contribution is -2.41. The van der Waals surface area contributed by atoms with Crippen molar-refractivity contribution in [3.8, 4) is 0 Å². The number of likely N-dealkylation sites (tertiary alicyclic amines) is 1. The highest BCUT2D eigenvalue weighted by Crippen LogP contribution is 2.22. The highest BCUT2D eigenvalue weighted by molar-refractivity contribution is 5.89. The summed E-state index contributed by atoms with van der Waals surface area (Å²) in [5.74, 6) is 1.39. The SMILES string of the molecule is C=C=C(CC(CC(=O)C=C)CC(=O)OCCCCCCCC)OCCCCCCCC.C=CC(=O)CC(C)C[C@@H](O)CC.CC1CN(C)C1.CC=O.CCCC. The lowest BCUT2D eigenvalue weighted by Gasteiger charge is -2.33. The summed E-state index contributed by atoms with van der Waals surface area (Å²) in [6.45, 7) is 30.7. The number of aldehydes is 1. The third kappa shape index (κ3) is 47.4. The molecule has 1 N–H and O–H groups in total. The third-order valence-corrected chi connectivity index (χ3v) is 9.05. The van der Waals surface area contributed by atoms with E-state index in [0.29, 0.717) is 38.2 Å². The molecule has 0 bridgehead atoms. The van der Waals surface area contributed by atoms with E-state index >= 15 is 0 Å². The Kier molecular flexibility index (Phi) is 49.8. The molecule has 1 aliphatic heterocycles. The monoisotopic (exact) mass is 792 g/mol. The van der Waals surface area contributed by atoms with Gasteiger partial charge in [0.25, 0.3) is 0 Å². The molecule has 0 aromatic heterocycles. The van der Waals surface area contributed by atoms with Crippen molar-refractivity contribution < 1.29 is 33.8 Å². The molecule has 1 fully saturated rings. The van der Waals surface area contributed by atoms with Gasteiger partial charge in [0.15, 0.2) is 11.6 Å². The van der Waals surface area contributed by atoms with Crippen LogP contribution < -0.4 is 0 Å². The normalized spacial score (nSPS) is 13.2. The Morgan fingerprint density at radius 1 is 0.750 bits per heavy atom. The van der Waals surface area contributed by atoms with Gasteiger partial charge in [-0.15, -0.1) is 0 Å². The minimum absolute atomic E-state index is 0.0609. The first-order chi connectivity index (χ1) is 26.8. The Balaban J connectivity index is -0.000000433. The van der Waals surface area contributed by atoms with Gasteiger partial charge in [0.2, 0.25) is 0 Å². The topological polar surface area (TPSA) is 110 Å². The number of hydrogen-bond donors (Lipinski definition) is 1. The van der Waals surface area contributed by atoms with Crippen molar-refractivity contribution in [3.63, 3.8) is 0 Å². The van der Waals surface area contributed by atoms with Gasteiger partial charge >= 0.3 is 5.97 Å². The van der Waals surface area contributed by atoms with E-state index in [4.69, 9.17) is 14.3 Å². The van der Waals surface area contributed by atoms with Crippen LogP contribution in [0.15, 0.2) is 43.4 Å². The number of carbonyl (C=O) groups is 4. The Morgan fingerprint density at radius 2 is 1.20 bits per heavy atom. The fourth-order valence-electron chi connectivity index (χ4n) is 5.62. The molecule has 8 nitrogen and oxygen atoms in total. The zero-order valence-corrected chi connectivity index (χ0v) is 38.0. The van der Waals surface area contributed by atoms with Gasteiger partial charge in [0, 0.05) is 38.8 Å². The average Bonchev–Trinajstić information content (AvgIpc) is 3.16. The standard InChI is InChI=1S/C27H46O4.C10H18O2.C5H11N.C4H10.C2H4O/c1-5-9-11-13-15-17-19-30-26(8-4)22-24(21-25(28)7-3)23-27(29)31-20-18-16-14-12-10-6-2;1-4-9(11)6-8(3)7-10(12)5-2;1-5-3-6(2)4-5;1-3-4-2;1-2-3/h7,24H,3-6,9-23H2,1-2H3;4,8,10,12H,1,5-7H2,2-3H3;5H,3-4H2,1-2H3;3-4H2,1-2H3;2H,1H3/t;8?,10-;;;/m.0.../s1. The number of ether oxygens (including phenoxy) is 2. The molecular formula is C48H89NO7. The van der Waals surface area contributed by atoms with Crippen LogP contribution in [-0.2, 0) is 28.7 Å². The van der Waals surface area contributed by atoms with E-state index in [1.165, 1.54) is 96.4 Å². The van der Waals surface area contributed by atoms with E-state index in [2.05, 4.69) is 72.0 Å². The maximum atomic E-state index is 12.3. The lowest BCUT2D eigenvalue weighted by atomic mass is 9.94. The second-order valence-electron chi connectivity index (χ2n) is 15.2. The van der Waals surface area contributed by atoms with Gasteiger partial charge in [0.1, 0.15) is 12.0 Å². The second-order valence-corrected chi connectivity index (χ2v) is 15.2. The Bertz CT molecular complexity index is 989. The number of allylic oxidation sites excluding steroid dienone is 3. The predicted molar refractivity (Wildman–Crippen MR) is 238 cm³/mol. The molecule has 328 valence electrons. The van der Waals surface area contributed by atoms with Crippen molar-refractivity contribution in [1.82, 2.24) is 4.90 Å². The van der Waals surface area contributed by atoms with Crippen LogP contribution in [0.3, 0.4) is 0 Å². The summed E-state index contributed by atoms with van der Waals surface area (Å²) < 4.78 is 11.2. The second kappa shape index (κ2) is 46.6. The Labute approximate surface area is 346 Å². The average molecular weight is 792 g/mol. The molecular weight excluding hydrogens is 703 g/mol. The molecule has 0 aromatic carbocycles. The zero-order valence-electron chi connectivity index (χ0n) is 38.0. The first-order valence-electron chi connectivity index (χ1n) is 22.0. The summed E-state index contributed by atoms with van der Waals surface area (Å²) in [5.41, 5.74) is 2.84. The quantitative estimate of drug-likeness (QED) is 0.0199. The maximum Gasteiger partial charge on any atom is 0.306 e. The van der Waals surface area contributed by atoms with E-state index in [1.54, 1.807) is 0 Å². The number of nitrogens with zero attached hydrogens (tertiary/aromatic N) is 1. The number of aliphatic hydroxyl groups excluding tert-OH is 1. The number of hydrogen-bond acceptors (Lipinski definition) is 8. The van der Waals surface area contributed by atoms with E-state index in [-0.39, 0.29) is 48.3 Å². The molecule has 8 heteroatoms. The van der Waals surface area contributed by atoms with Crippen LogP contribution in [0.5, 0.6) is 0 Å². The van der Waals surface area contributed by atoms with Crippen molar-refractivity contribution in [2.75, 3.05) is 33.4 Å². The third-order valence-electron chi connectivity index (χ3n) is 9.05. The molecule has 1 aliphatic rings.